The third-order valence-electron chi connectivity index (χ3n) is 11.8. The monoisotopic (exact) mass is 895 g/mol. The summed E-state index contributed by atoms with van der Waals surface area (Å²) in [5.41, 5.74) is 11.6. The molecule has 0 spiro atoms. The Morgan fingerprint density at radius 3 is 2.35 bits per heavy atom. The predicted octanol–water partition coefficient (Wildman–Crippen LogP) is 3.92. The lowest BCUT2D eigenvalue weighted by atomic mass is 10.0. The van der Waals surface area contributed by atoms with E-state index in [4.69, 9.17) is 24.7 Å². The van der Waals surface area contributed by atoms with Crippen molar-refractivity contribution in [3.8, 4) is 0 Å². The summed E-state index contributed by atoms with van der Waals surface area (Å²) in [6.07, 6.45) is 9.15. The predicted molar refractivity (Wildman–Crippen MR) is 247 cm³/mol. The van der Waals surface area contributed by atoms with Gasteiger partial charge in [-0.2, -0.15) is 16.7 Å². The van der Waals surface area contributed by atoms with Gasteiger partial charge in [0.05, 0.1) is 76.9 Å². The number of rotatable bonds is 29. The maximum atomic E-state index is 12.9. The van der Waals surface area contributed by atoms with Crippen LogP contribution in [0.1, 0.15) is 75.0 Å². The van der Waals surface area contributed by atoms with Crippen molar-refractivity contribution in [2.75, 3.05) is 109 Å². The number of nitrogens with one attached hydrogen (secondary N) is 4. The highest BCUT2D eigenvalue weighted by Gasteiger charge is 2.42. The van der Waals surface area contributed by atoms with Gasteiger partial charge >= 0.3 is 6.03 Å². The number of carbonyl (C=O) groups is 3. The number of amides is 4. The Morgan fingerprint density at radius 2 is 1.60 bits per heavy atom. The van der Waals surface area contributed by atoms with Crippen LogP contribution in [0.4, 0.5) is 16.6 Å². The number of aromatic nitrogens is 3. The van der Waals surface area contributed by atoms with Crippen LogP contribution in [0.15, 0.2) is 30.5 Å². The highest BCUT2D eigenvalue weighted by atomic mass is 32.2. The maximum absolute atomic E-state index is 12.9. The number of nitrogen functional groups attached to an aromatic ring is 1. The summed E-state index contributed by atoms with van der Waals surface area (Å²) in [6.45, 7) is 13.8. The van der Waals surface area contributed by atoms with Gasteiger partial charge in [-0.15, -0.1) is 0 Å². The number of hydrogen-bond donors (Lipinski definition) is 5. The molecule has 2 aromatic heterocycles. The summed E-state index contributed by atoms with van der Waals surface area (Å²) < 4.78 is 24.6. The first kappa shape index (κ1) is 48.3. The standard InChI is InChI=1S/C45H70N10O7S/c1-3-4-7-14-48-43-42-36(49-44(46)52-43)12-16-55(42)31-35-11-10-34(29-33(35)2)30-53-17-19-54(20-18-53)40(57)13-21-59-23-25-61-27-28-62-26-24-60-22-15-47-39(56)9-6-5-8-38-41-37(32-63-38)50-45(58)51-41/h10-12,16,29,37-38,41H,3-9,13-15,17-28,30-32H2,1-2H3,(H,47,56)(H2,50,51,58)(H3,46,48,49,52)/t37-,38-,41-/m0/s1. The van der Waals surface area contributed by atoms with Crippen LogP contribution in [0.5, 0.6) is 0 Å². The molecule has 17 nitrogen and oxygen atoms in total. The van der Waals surface area contributed by atoms with Crippen molar-refractivity contribution >= 4 is 52.4 Å². The minimum atomic E-state index is -0.0623. The van der Waals surface area contributed by atoms with Crippen LogP contribution in [0.2, 0.25) is 0 Å². The molecule has 0 saturated carbocycles. The van der Waals surface area contributed by atoms with E-state index in [1.54, 1.807) is 0 Å². The topological polar surface area (TPSA) is 199 Å². The van der Waals surface area contributed by atoms with Crippen molar-refractivity contribution in [1.29, 1.82) is 0 Å². The number of aryl methyl sites for hydroxylation is 1. The number of nitrogens with two attached hydrogens (primary N) is 1. The summed E-state index contributed by atoms with van der Waals surface area (Å²) in [4.78, 5) is 49.9. The Labute approximate surface area is 376 Å². The molecular formula is C45H70N10O7S. The summed E-state index contributed by atoms with van der Waals surface area (Å²) in [7, 11) is 0. The van der Waals surface area contributed by atoms with Crippen LogP contribution in [-0.2, 0) is 41.6 Å². The van der Waals surface area contributed by atoms with Crippen LogP contribution in [0.3, 0.4) is 0 Å². The second-order valence-electron chi connectivity index (χ2n) is 16.6. The van der Waals surface area contributed by atoms with Crippen molar-refractivity contribution < 1.29 is 33.3 Å². The van der Waals surface area contributed by atoms with E-state index < -0.39 is 0 Å². The Bertz CT molecular complexity index is 1890. The second-order valence-corrected chi connectivity index (χ2v) is 17.8. The zero-order valence-electron chi connectivity index (χ0n) is 37.4. The van der Waals surface area contributed by atoms with E-state index in [0.29, 0.717) is 97.1 Å². The Morgan fingerprint density at radius 1 is 0.857 bits per heavy atom. The summed E-state index contributed by atoms with van der Waals surface area (Å²) in [6, 6.07) is 9.11. The van der Waals surface area contributed by atoms with Gasteiger partial charge in [0.25, 0.3) is 0 Å². The van der Waals surface area contributed by atoms with E-state index in [1.165, 1.54) is 23.1 Å². The fourth-order valence-corrected chi connectivity index (χ4v) is 9.84. The molecule has 6 rings (SSSR count). The molecule has 5 heterocycles. The molecule has 0 radical (unpaired) electrons. The highest BCUT2D eigenvalue weighted by Crippen LogP contribution is 2.33. The number of carbonyl (C=O) groups excluding carboxylic acids is 3. The minimum Gasteiger partial charge on any atom is -0.379 e. The highest BCUT2D eigenvalue weighted by molar-refractivity contribution is 8.00. The molecule has 0 unspecified atom stereocenters. The molecule has 18 heteroatoms. The van der Waals surface area contributed by atoms with E-state index in [0.717, 1.165) is 80.9 Å². The number of thioether (sulfide) groups is 1. The lowest BCUT2D eigenvalue weighted by molar-refractivity contribution is -0.134. The lowest BCUT2D eigenvalue weighted by Crippen LogP contribution is -2.48. The largest absolute Gasteiger partial charge is 0.379 e. The number of ether oxygens (including phenoxy) is 4. The van der Waals surface area contributed by atoms with Gasteiger partial charge in [-0.05, 0) is 48.9 Å². The van der Waals surface area contributed by atoms with E-state index in [2.05, 4.69) is 78.9 Å². The number of anilines is 2. The molecule has 3 saturated heterocycles. The van der Waals surface area contributed by atoms with Crippen LogP contribution in [-0.4, -0.2) is 157 Å². The first-order valence-electron chi connectivity index (χ1n) is 23.0. The molecular weight excluding hydrogens is 825 g/mol. The van der Waals surface area contributed by atoms with Crippen molar-refractivity contribution in [3.63, 3.8) is 0 Å². The number of nitrogens with zero attached hydrogens (tertiary/aromatic N) is 5. The van der Waals surface area contributed by atoms with Gasteiger partial charge in [0, 0.05) is 76.0 Å². The van der Waals surface area contributed by atoms with Crippen molar-refractivity contribution in [1.82, 2.24) is 40.3 Å². The molecule has 1 aromatic carbocycles. The number of benzene rings is 1. The van der Waals surface area contributed by atoms with E-state index >= 15 is 0 Å². The molecule has 0 aliphatic carbocycles. The first-order chi connectivity index (χ1) is 30.8. The fraction of sp³-hybridized carbons (Fsp3) is 0.667. The average molecular weight is 895 g/mol. The van der Waals surface area contributed by atoms with Crippen LogP contribution < -0.4 is 27.0 Å². The molecule has 3 aromatic rings. The van der Waals surface area contributed by atoms with Crippen LogP contribution in [0, 0.1) is 6.92 Å². The van der Waals surface area contributed by atoms with Gasteiger partial charge in [0.15, 0.2) is 5.82 Å². The van der Waals surface area contributed by atoms with Gasteiger partial charge in [-0.3, -0.25) is 14.5 Å². The zero-order chi connectivity index (χ0) is 44.2. The quantitative estimate of drug-likeness (QED) is 0.0497. The summed E-state index contributed by atoms with van der Waals surface area (Å²) in [5.74, 6) is 2.19. The van der Waals surface area contributed by atoms with Gasteiger partial charge in [-0.1, -0.05) is 44.4 Å². The molecule has 63 heavy (non-hydrogen) atoms. The van der Waals surface area contributed by atoms with Crippen molar-refractivity contribution in [2.45, 2.75) is 95.6 Å². The smallest absolute Gasteiger partial charge is 0.315 e. The molecule has 3 aliphatic heterocycles. The molecule has 0 bridgehead atoms. The number of urea groups is 1. The Hall–Kier alpha value is -4.20. The third-order valence-corrected chi connectivity index (χ3v) is 13.3. The second kappa shape index (κ2) is 25.9. The van der Waals surface area contributed by atoms with Gasteiger partial charge in [0.2, 0.25) is 17.8 Å². The SMILES string of the molecule is CCCCCNc1nc(N)nc2ccn(Cc3ccc(CN4CCN(C(=O)CCOCCOCCOCCOCCNC(=O)CCCC[C@@H]5SC[C@@H]6NC(=O)N[C@@H]65)CC4)cc3C)c12. The van der Waals surface area contributed by atoms with Gasteiger partial charge in [-0.25, -0.2) is 9.78 Å². The molecule has 3 atom stereocenters. The van der Waals surface area contributed by atoms with Gasteiger partial charge < -0.3 is 55.4 Å². The number of fused-ring (bicyclic) bond motifs is 2. The normalized spacial score (nSPS) is 18.7. The van der Waals surface area contributed by atoms with E-state index in [-0.39, 0.29) is 35.9 Å². The fourth-order valence-electron chi connectivity index (χ4n) is 8.30. The van der Waals surface area contributed by atoms with Crippen molar-refractivity contribution in [2.24, 2.45) is 0 Å². The Balaban J connectivity index is 0.729. The first-order valence-corrected chi connectivity index (χ1v) is 24.0. The van der Waals surface area contributed by atoms with Crippen LogP contribution >= 0.6 is 11.8 Å². The lowest BCUT2D eigenvalue weighted by Gasteiger charge is -2.35. The average Bonchev–Trinajstić information content (AvgIpc) is 3.97. The molecule has 348 valence electrons. The zero-order valence-corrected chi connectivity index (χ0v) is 38.2. The van der Waals surface area contributed by atoms with Crippen molar-refractivity contribution in [3.05, 3.63) is 47.2 Å². The van der Waals surface area contributed by atoms with Gasteiger partial charge in [0.1, 0.15) is 5.52 Å². The molecule has 3 fully saturated rings. The van der Waals surface area contributed by atoms with E-state index in [1.807, 2.05) is 22.7 Å². The third kappa shape index (κ3) is 15.5. The van der Waals surface area contributed by atoms with Crippen LogP contribution in [0.25, 0.3) is 11.0 Å². The number of hydrogen-bond acceptors (Lipinski definition) is 13. The molecule has 4 amide bonds. The number of piperazine rings is 1. The Kier molecular flexibility index (Phi) is 19.9. The maximum Gasteiger partial charge on any atom is 0.315 e. The summed E-state index contributed by atoms with van der Waals surface area (Å²) in [5, 5.41) is 12.8. The minimum absolute atomic E-state index is 0.0391. The molecule has 6 N–H and O–H groups in total. The van der Waals surface area contributed by atoms with E-state index in [9.17, 15) is 14.4 Å². The molecule has 3 aliphatic rings. The summed E-state index contributed by atoms with van der Waals surface area (Å²) >= 11 is 1.90. The number of unbranched alkanes of at least 4 members (excludes halogenated alkanes) is 3.